The molecule has 0 bridgehead atoms. The third kappa shape index (κ3) is 3.26. The Morgan fingerprint density at radius 1 is 1.15 bits per heavy atom. The van der Waals surface area contributed by atoms with E-state index in [1.807, 2.05) is 56.4 Å². The minimum absolute atomic E-state index is 0.142. The molecule has 2 amide bonds. The molecule has 138 valence electrons. The second kappa shape index (κ2) is 7.00. The van der Waals surface area contributed by atoms with E-state index < -0.39 is 6.04 Å². The van der Waals surface area contributed by atoms with Crippen LogP contribution in [-0.4, -0.2) is 29.4 Å². The van der Waals surface area contributed by atoms with Gasteiger partial charge in [-0.3, -0.25) is 9.59 Å². The van der Waals surface area contributed by atoms with Gasteiger partial charge in [-0.05, 0) is 43.5 Å². The van der Waals surface area contributed by atoms with Crippen LogP contribution in [0.4, 0.5) is 5.69 Å². The lowest BCUT2D eigenvalue weighted by Gasteiger charge is -2.18. The highest BCUT2D eigenvalue weighted by Gasteiger charge is 2.39. The number of hydrogen-bond donors (Lipinski definition) is 2. The number of aryl methyl sites for hydroxylation is 2. The maximum absolute atomic E-state index is 12.8. The highest BCUT2D eigenvalue weighted by molar-refractivity contribution is 6.22. The summed E-state index contributed by atoms with van der Waals surface area (Å²) in [4.78, 5) is 29.9. The zero-order valence-corrected chi connectivity index (χ0v) is 15.6. The molecule has 1 atom stereocenters. The minimum Gasteiger partial charge on any atom is -0.361 e. The van der Waals surface area contributed by atoms with Crippen molar-refractivity contribution in [3.8, 4) is 0 Å². The van der Waals surface area contributed by atoms with E-state index in [2.05, 4.69) is 16.4 Å². The second-order valence-corrected chi connectivity index (χ2v) is 7.18. The summed E-state index contributed by atoms with van der Waals surface area (Å²) < 4.78 is 0. The molecule has 0 unspecified atom stereocenters. The van der Waals surface area contributed by atoms with Gasteiger partial charge in [0.05, 0.1) is 18.2 Å². The molecule has 1 aliphatic rings. The number of amides is 2. The summed E-state index contributed by atoms with van der Waals surface area (Å²) in [5.41, 5.74) is 5.07. The number of nitrogens with one attached hydrogen (secondary N) is 2. The molecule has 1 fully saturated rings. The van der Waals surface area contributed by atoms with E-state index >= 15 is 0 Å². The Morgan fingerprint density at radius 3 is 2.78 bits per heavy atom. The van der Waals surface area contributed by atoms with E-state index in [9.17, 15) is 9.59 Å². The van der Waals surface area contributed by atoms with Gasteiger partial charge in [0.15, 0.2) is 0 Å². The van der Waals surface area contributed by atoms with Crippen molar-refractivity contribution in [2.45, 2.75) is 32.7 Å². The van der Waals surface area contributed by atoms with Gasteiger partial charge in [-0.25, -0.2) is 4.90 Å². The zero-order valence-electron chi connectivity index (χ0n) is 15.6. The Morgan fingerprint density at radius 2 is 1.96 bits per heavy atom. The summed E-state index contributed by atoms with van der Waals surface area (Å²) in [6, 6.07) is 13.5. The number of aromatic amines is 1. The number of para-hydroxylation sites is 1. The number of nitrogens with zero attached hydrogens (tertiary/aromatic N) is 1. The average Bonchev–Trinajstić information content (AvgIpc) is 3.17. The molecular formula is C22H23N3O2. The largest absolute Gasteiger partial charge is 0.361 e. The molecule has 2 aromatic carbocycles. The number of H-pyrrole nitrogens is 1. The van der Waals surface area contributed by atoms with Gasteiger partial charge in [-0.15, -0.1) is 0 Å². The Hall–Kier alpha value is -2.92. The number of rotatable bonds is 5. The van der Waals surface area contributed by atoms with Crippen LogP contribution in [0, 0.1) is 13.8 Å². The van der Waals surface area contributed by atoms with Crippen LogP contribution in [-0.2, 0) is 16.0 Å². The standard InChI is InChI=1S/C22H23N3O2/c1-14-7-8-20(15(2)11-14)25-21(26)12-19(22(25)27)23-10-9-16-13-24-18-6-4-3-5-17(16)18/h3-8,11,13,19,23-24H,9-10,12H2,1-2H3/t19-/m1/s1. The molecule has 0 aliphatic carbocycles. The molecule has 3 aromatic rings. The average molecular weight is 361 g/mol. The van der Waals surface area contributed by atoms with Crippen LogP contribution in [0.1, 0.15) is 23.1 Å². The molecule has 2 N–H and O–H groups in total. The highest BCUT2D eigenvalue weighted by Crippen LogP contribution is 2.27. The quantitative estimate of drug-likeness (QED) is 0.686. The Bertz CT molecular complexity index is 1020. The minimum atomic E-state index is -0.455. The van der Waals surface area contributed by atoms with Gasteiger partial charge in [-0.1, -0.05) is 35.9 Å². The predicted octanol–water partition coefficient (Wildman–Crippen LogP) is 3.25. The fraction of sp³-hybridized carbons (Fsp3) is 0.273. The van der Waals surface area contributed by atoms with E-state index in [1.54, 1.807) is 0 Å². The van der Waals surface area contributed by atoms with Gasteiger partial charge < -0.3 is 10.3 Å². The molecule has 2 heterocycles. The smallest absolute Gasteiger partial charge is 0.251 e. The van der Waals surface area contributed by atoms with Crippen LogP contribution in [0.2, 0.25) is 0 Å². The lowest BCUT2D eigenvalue weighted by molar-refractivity contribution is -0.121. The summed E-state index contributed by atoms with van der Waals surface area (Å²) in [7, 11) is 0. The van der Waals surface area contributed by atoms with Crippen molar-refractivity contribution in [2.24, 2.45) is 0 Å². The molecule has 4 rings (SSSR count). The molecule has 27 heavy (non-hydrogen) atoms. The first-order chi connectivity index (χ1) is 13.0. The first-order valence-corrected chi connectivity index (χ1v) is 9.27. The zero-order chi connectivity index (χ0) is 19.0. The Balaban J connectivity index is 1.43. The number of hydrogen-bond acceptors (Lipinski definition) is 3. The fourth-order valence-electron chi connectivity index (χ4n) is 3.82. The molecular weight excluding hydrogens is 338 g/mol. The number of aromatic nitrogens is 1. The normalized spacial score (nSPS) is 17.3. The molecule has 5 heteroatoms. The van der Waals surface area contributed by atoms with E-state index in [0.717, 1.165) is 23.1 Å². The van der Waals surface area contributed by atoms with Crippen molar-refractivity contribution in [3.05, 3.63) is 65.4 Å². The van der Waals surface area contributed by atoms with Crippen LogP contribution < -0.4 is 10.2 Å². The first kappa shape index (κ1) is 17.5. The van der Waals surface area contributed by atoms with Gasteiger partial charge in [0.2, 0.25) is 5.91 Å². The topological polar surface area (TPSA) is 65.2 Å². The summed E-state index contributed by atoms with van der Waals surface area (Å²) in [6.45, 7) is 4.58. The molecule has 0 radical (unpaired) electrons. The molecule has 1 saturated heterocycles. The number of carbonyl (C=O) groups is 2. The van der Waals surface area contributed by atoms with Crippen LogP contribution in [0.3, 0.4) is 0 Å². The van der Waals surface area contributed by atoms with E-state index in [0.29, 0.717) is 12.2 Å². The number of benzene rings is 2. The predicted molar refractivity (Wildman–Crippen MR) is 107 cm³/mol. The van der Waals surface area contributed by atoms with Gasteiger partial charge in [0, 0.05) is 23.6 Å². The van der Waals surface area contributed by atoms with E-state index in [1.165, 1.54) is 15.8 Å². The summed E-state index contributed by atoms with van der Waals surface area (Å²) >= 11 is 0. The van der Waals surface area contributed by atoms with Crippen molar-refractivity contribution in [3.63, 3.8) is 0 Å². The highest BCUT2D eigenvalue weighted by atomic mass is 16.2. The Labute approximate surface area is 158 Å². The van der Waals surface area contributed by atoms with E-state index in [-0.39, 0.29) is 18.2 Å². The second-order valence-electron chi connectivity index (χ2n) is 7.18. The number of imide groups is 1. The third-order valence-electron chi connectivity index (χ3n) is 5.20. The molecule has 1 aliphatic heterocycles. The summed E-state index contributed by atoms with van der Waals surface area (Å²) in [5.74, 6) is -0.303. The SMILES string of the molecule is Cc1ccc(N2C(=O)C[C@@H](NCCc3c[nH]c4ccccc34)C2=O)c(C)c1. The fourth-order valence-corrected chi connectivity index (χ4v) is 3.82. The lowest BCUT2D eigenvalue weighted by atomic mass is 10.1. The first-order valence-electron chi connectivity index (χ1n) is 9.27. The van der Waals surface area contributed by atoms with Crippen molar-refractivity contribution in [2.75, 3.05) is 11.4 Å². The van der Waals surface area contributed by atoms with Crippen LogP contribution in [0.15, 0.2) is 48.7 Å². The van der Waals surface area contributed by atoms with Crippen molar-refractivity contribution >= 4 is 28.4 Å². The number of carbonyl (C=O) groups excluding carboxylic acids is 2. The summed E-state index contributed by atoms with van der Waals surface area (Å²) in [5, 5.41) is 4.47. The van der Waals surface area contributed by atoms with Gasteiger partial charge >= 0.3 is 0 Å². The lowest BCUT2D eigenvalue weighted by Crippen LogP contribution is -2.39. The molecule has 0 spiro atoms. The van der Waals surface area contributed by atoms with E-state index in [4.69, 9.17) is 0 Å². The van der Waals surface area contributed by atoms with Crippen molar-refractivity contribution < 1.29 is 9.59 Å². The summed E-state index contributed by atoms with van der Waals surface area (Å²) in [6.07, 6.45) is 3.02. The van der Waals surface area contributed by atoms with Gasteiger partial charge in [-0.2, -0.15) is 0 Å². The third-order valence-corrected chi connectivity index (χ3v) is 5.20. The van der Waals surface area contributed by atoms with Crippen LogP contribution in [0.5, 0.6) is 0 Å². The number of fused-ring (bicyclic) bond motifs is 1. The molecule has 0 saturated carbocycles. The van der Waals surface area contributed by atoms with Gasteiger partial charge in [0.1, 0.15) is 0 Å². The van der Waals surface area contributed by atoms with Crippen LogP contribution in [0.25, 0.3) is 10.9 Å². The Kier molecular flexibility index (Phi) is 4.54. The maximum atomic E-state index is 12.8. The maximum Gasteiger partial charge on any atom is 0.251 e. The van der Waals surface area contributed by atoms with Crippen molar-refractivity contribution in [1.82, 2.24) is 10.3 Å². The molecule has 1 aromatic heterocycles. The monoisotopic (exact) mass is 361 g/mol. The van der Waals surface area contributed by atoms with Crippen LogP contribution >= 0.6 is 0 Å². The van der Waals surface area contributed by atoms with Gasteiger partial charge in [0.25, 0.3) is 5.91 Å². The molecule has 5 nitrogen and oxygen atoms in total. The number of anilines is 1. The van der Waals surface area contributed by atoms with Crippen molar-refractivity contribution in [1.29, 1.82) is 0 Å².